The van der Waals surface area contributed by atoms with Gasteiger partial charge in [0.2, 0.25) is 5.91 Å². The van der Waals surface area contributed by atoms with E-state index in [4.69, 9.17) is 14.2 Å². The smallest absolute Gasteiger partial charge is 0.306 e. The van der Waals surface area contributed by atoms with Crippen LogP contribution < -0.4 is 5.32 Å². The lowest BCUT2D eigenvalue weighted by Gasteiger charge is -2.28. The zero-order valence-corrected chi connectivity index (χ0v) is 40.4. The Bertz CT molecular complexity index is 883. The summed E-state index contributed by atoms with van der Waals surface area (Å²) in [6, 6.07) is 0. The first-order valence-corrected chi connectivity index (χ1v) is 25.7. The summed E-state index contributed by atoms with van der Waals surface area (Å²) in [5.41, 5.74) is -0.418. The third-order valence-electron chi connectivity index (χ3n) is 11.7. The van der Waals surface area contributed by atoms with Gasteiger partial charge in [0.1, 0.15) is 6.10 Å². The minimum Gasteiger partial charge on any atom is -0.462 e. The highest BCUT2D eigenvalue weighted by Gasteiger charge is 2.20. The molecule has 1 atom stereocenters. The van der Waals surface area contributed by atoms with Gasteiger partial charge in [-0.25, -0.2) is 0 Å². The van der Waals surface area contributed by atoms with Crippen molar-refractivity contribution in [3.63, 3.8) is 0 Å². The summed E-state index contributed by atoms with van der Waals surface area (Å²) in [6.07, 6.45) is 45.9. The van der Waals surface area contributed by atoms with E-state index in [9.17, 15) is 9.59 Å². The van der Waals surface area contributed by atoms with E-state index >= 15 is 0 Å². The van der Waals surface area contributed by atoms with Gasteiger partial charge in [0, 0.05) is 26.2 Å². The van der Waals surface area contributed by atoms with Crippen molar-refractivity contribution >= 4 is 11.9 Å². The Morgan fingerprint density at radius 1 is 0.448 bits per heavy atom. The predicted octanol–water partition coefficient (Wildman–Crippen LogP) is 16.1. The third-order valence-corrected chi connectivity index (χ3v) is 11.7. The second-order valence-electron chi connectivity index (χ2n) is 19.5. The summed E-state index contributed by atoms with van der Waals surface area (Å²) >= 11 is 0. The van der Waals surface area contributed by atoms with Gasteiger partial charge in [-0.2, -0.15) is 0 Å². The number of hydrogen-bond acceptors (Lipinski definition) is 5. The minimum absolute atomic E-state index is 0.0153. The fourth-order valence-corrected chi connectivity index (χ4v) is 7.80. The molecule has 0 fully saturated rings. The highest BCUT2D eigenvalue weighted by Crippen LogP contribution is 2.20. The molecule has 58 heavy (non-hydrogen) atoms. The van der Waals surface area contributed by atoms with Crippen LogP contribution in [0.15, 0.2) is 0 Å². The van der Waals surface area contributed by atoms with Crippen LogP contribution in [-0.4, -0.2) is 48.9 Å². The number of carbonyl (C=O) groups is 2. The lowest BCUT2D eigenvalue weighted by molar-refractivity contribution is -0.151. The first kappa shape index (κ1) is 56.9. The van der Waals surface area contributed by atoms with Crippen LogP contribution in [-0.2, 0) is 23.8 Å². The normalized spacial score (nSPS) is 12.6. The van der Waals surface area contributed by atoms with Crippen molar-refractivity contribution in [3.8, 4) is 0 Å². The van der Waals surface area contributed by atoms with Crippen LogP contribution in [0.5, 0.6) is 0 Å². The molecule has 0 rings (SSSR count). The predicted molar refractivity (Wildman–Crippen MR) is 251 cm³/mol. The Labute approximate surface area is 363 Å². The minimum atomic E-state index is -0.270. The third kappa shape index (κ3) is 44.4. The molecule has 0 aromatic rings. The number of rotatable bonds is 45. The monoisotopic (exact) mass is 822 g/mol. The van der Waals surface area contributed by atoms with Crippen LogP contribution in [0, 0.1) is 0 Å². The zero-order chi connectivity index (χ0) is 42.8. The average Bonchev–Trinajstić information content (AvgIpc) is 3.17. The number of esters is 1. The van der Waals surface area contributed by atoms with Crippen LogP contribution in [0.3, 0.4) is 0 Å². The van der Waals surface area contributed by atoms with Gasteiger partial charge in [-0.05, 0) is 73.1 Å². The number of nitrogens with one attached hydrogen (secondary N) is 1. The van der Waals surface area contributed by atoms with Crippen LogP contribution in [0.25, 0.3) is 0 Å². The molecule has 0 saturated heterocycles. The van der Waals surface area contributed by atoms with E-state index in [1.165, 1.54) is 186 Å². The Morgan fingerprint density at radius 3 is 1.17 bits per heavy atom. The Balaban J connectivity index is 4.32. The van der Waals surface area contributed by atoms with E-state index < -0.39 is 0 Å². The quantitative estimate of drug-likeness (QED) is 0.0489. The first-order chi connectivity index (χ1) is 28.0. The van der Waals surface area contributed by atoms with Gasteiger partial charge < -0.3 is 19.5 Å². The van der Waals surface area contributed by atoms with Crippen molar-refractivity contribution in [3.05, 3.63) is 0 Å². The van der Waals surface area contributed by atoms with E-state index in [0.717, 1.165) is 38.5 Å². The standard InChI is InChI=1S/C52H103NO5/c1-8-10-12-14-16-18-20-22-24-26-28-30-32-34-36-38-41-48(40-37-35-33-31-29-27-25-23-21-19-17-15-13-11-9-2)58-50(55)43-42-49(54)53-45-39-46-57-52(6,7)44-47-56-51(3,4)5/h48H,8-47H2,1-7H3,(H,53,54). The maximum atomic E-state index is 12.9. The van der Waals surface area contributed by atoms with Crippen LogP contribution in [0.2, 0.25) is 0 Å². The molecule has 6 nitrogen and oxygen atoms in total. The largest absolute Gasteiger partial charge is 0.462 e. The number of amides is 1. The van der Waals surface area contributed by atoms with E-state index in [2.05, 4.69) is 53.8 Å². The second-order valence-corrected chi connectivity index (χ2v) is 19.5. The van der Waals surface area contributed by atoms with Crippen molar-refractivity contribution < 1.29 is 23.8 Å². The van der Waals surface area contributed by atoms with Gasteiger partial charge in [0.05, 0.1) is 17.6 Å². The van der Waals surface area contributed by atoms with E-state index in [0.29, 0.717) is 19.8 Å². The summed E-state index contributed by atoms with van der Waals surface area (Å²) in [6.45, 7) is 16.7. The number of carbonyl (C=O) groups excluding carboxylic acids is 2. The van der Waals surface area contributed by atoms with Crippen LogP contribution in [0.4, 0.5) is 0 Å². The maximum Gasteiger partial charge on any atom is 0.306 e. The average molecular weight is 822 g/mol. The van der Waals surface area contributed by atoms with Crippen molar-refractivity contribution in [1.29, 1.82) is 0 Å². The van der Waals surface area contributed by atoms with Crippen LogP contribution >= 0.6 is 0 Å². The molecular formula is C52H103NO5. The maximum absolute atomic E-state index is 12.9. The highest BCUT2D eigenvalue weighted by molar-refractivity contribution is 5.81. The molecule has 1 N–H and O–H groups in total. The molecule has 0 aromatic heterocycles. The Morgan fingerprint density at radius 2 is 0.810 bits per heavy atom. The molecule has 0 radical (unpaired) electrons. The molecule has 346 valence electrons. The fourth-order valence-electron chi connectivity index (χ4n) is 7.80. The van der Waals surface area contributed by atoms with E-state index in [-0.39, 0.29) is 42.0 Å². The van der Waals surface area contributed by atoms with Gasteiger partial charge in [-0.1, -0.05) is 200 Å². The fraction of sp³-hybridized carbons (Fsp3) is 0.962. The van der Waals surface area contributed by atoms with E-state index in [1.54, 1.807) is 0 Å². The molecule has 0 aromatic carbocycles. The topological polar surface area (TPSA) is 73.9 Å². The second kappa shape index (κ2) is 41.2. The zero-order valence-electron chi connectivity index (χ0n) is 40.4. The summed E-state index contributed by atoms with van der Waals surface area (Å²) < 4.78 is 17.9. The molecule has 1 unspecified atom stereocenters. The van der Waals surface area contributed by atoms with Crippen molar-refractivity contribution in [1.82, 2.24) is 5.32 Å². The Hall–Kier alpha value is -1.14. The van der Waals surface area contributed by atoms with Gasteiger partial charge in [-0.3, -0.25) is 9.59 Å². The molecule has 0 aliphatic rings. The van der Waals surface area contributed by atoms with Crippen molar-refractivity contribution in [2.24, 2.45) is 0 Å². The van der Waals surface area contributed by atoms with E-state index in [1.807, 2.05) is 0 Å². The molecule has 0 aliphatic heterocycles. The number of hydrogen-bond donors (Lipinski definition) is 1. The summed E-state index contributed by atoms with van der Waals surface area (Å²) in [5.74, 6) is -0.313. The van der Waals surface area contributed by atoms with Gasteiger partial charge in [0.25, 0.3) is 0 Å². The molecule has 0 aliphatic carbocycles. The number of unbranched alkanes of at least 4 members (excludes halogenated alkanes) is 29. The lowest BCUT2D eigenvalue weighted by atomic mass is 10.0. The highest BCUT2D eigenvalue weighted by atomic mass is 16.5. The van der Waals surface area contributed by atoms with Gasteiger partial charge in [-0.15, -0.1) is 0 Å². The molecule has 6 heteroatoms. The number of ether oxygens (including phenoxy) is 3. The van der Waals surface area contributed by atoms with Gasteiger partial charge in [0.15, 0.2) is 0 Å². The molecule has 0 spiro atoms. The Kier molecular flexibility index (Phi) is 40.4. The SMILES string of the molecule is CCCCCCCCCCCCCCCCCCC(CCCCCCCCCCCCCCCCC)OC(=O)CCC(=O)NCCCOC(C)(C)CCOC(C)(C)C. The molecule has 0 bridgehead atoms. The first-order valence-electron chi connectivity index (χ1n) is 25.7. The summed E-state index contributed by atoms with van der Waals surface area (Å²) in [5, 5.41) is 2.96. The molecule has 0 saturated carbocycles. The van der Waals surface area contributed by atoms with Crippen molar-refractivity contribution in [2.75, 3.05) is 19.8 Å². The molecular weight excluding hydrogens is 719 g/mol. The summed E-state index contributed by atoms with van der Waals surface area (Å²) in [4.78, 5) is 25.4. The molecule has 0 heterocycles. The lowest BCUT2D eigenvalue weighted by Crippen LogP contribution is -2.31. The van der Waals surface area contributed by atoms with Gasteiger partial charge >= 0.3 is 5.97 Å². The van der Waals surface area contributed by atoms with Crippen molar-refractivity contribution in [2.45, 2.75) is 303 Å². The summed E-state index contributed by atoms with van der Waals surface area (Å²) in [7, 11) is 0. The van der Waals surface area contributed by atoms with Crippen LogP contribution in [0.1, 0.15) is 286 Å². The molecule has 1 amide bonds.